The van der Waals surface area contributed by atoms with Gasteiger partial charge in [0.1, 0.15) is 0 Å². The average Bonchev–Trinajstić information content (AvgIpc) is 2.94. The summed E-state index contributed by atoms with van der Waals surface area (Å²) in [4.78, 5) is 40.3. The number of imide groups is 1. The molecule has 1 aliphatic heterocycles. The minimum atomic E-state index is -0.315. The number of hydrogen-bond acceptors (Lipinski definition) is 3. The highest BCUT2D eigenvalue weighted by Crippen LogP contribution is 2.44. The number of carbonyl (C=O) groups excluding carboxylic acids is 3. The van der Waals surface area contributed by atoms with E-state index in [9.17, 15) is 14.4 Å². The standard InChI is InChI=1S/C22H20Br2N2O3/c1-12-5-2-3-8-19(12)25-20(27)13-6-4-7-14(9-13)26-21(28)15-10-17(23)18(24)11-16(15)22(26)29/h2-9,15-18H,10-11H2,1H3,(H,25,27)/t15-,16-,17+,18+/m1/s1. The number of nitrogens with one attached hydrogen (secondary N) is 1. The number of para-hydroxylation sites is 1. The highest BCUT2D eigenvalue weighted by Gasteiger charge is 2.52. The summed E-state index contributed by atoms with van der Waals surface area (Å²) < 4.78 is 0. The van der Waals surface area contributed by atoms with Gasteiger partial charge in [-0.3, -0.25) is 19.3 Å². The van der Waals surface area contributed by atoms with E-state index in [1.165, 1.54) is 4.90 Å². The van der Waals surface area contributed by atoms with Gasteiger partial charge >= 0.3 is 0 Å². The van der Waals surface area contributed by atoms with Crippen LogP contribution in [0.25, 0.3) is 0 Å². The first-order valence-electron chi connectivity index (χ1n) is 9.50. The van der Waals surface area contributed by atoms with E-state index in [-0.39, 0.29) is 39.2 Å². The average molecular weight is 520 g/mol. The molecule has 4 atom stereocenters. The minimum Gasteiger partial charge on any atom is -0.322 e. The van der Waals surface area contributed by atoms with Gasteiger partial charge in [0.15, 0.2) is 0 Å². The molecule has 7 heteroatoms. The van der Waals surface area contributed by atoms with Crippen molar-refractivity contribution in [2.45, 2.75) is 29.4 Å². The van der Waals surface area contributed by atoms with Gasteiger partial charge in [0, 0.05) is 20.9 Å². The Hall–Kier alpha value is -1.99. The first-order chi connectivity index (χ1) is 13.9. The normalized spacial score (nSPS) is 26.4. The van der Waals surface area contributed by atoms with Crippen LogP contribution in [0.15, 0.2) is 48.5 Å². The minimum absolute atomic E-state index is 0.159. The van der Waals surface area contributed by atoms with Gasteiger partial charge in [-0.1, -0.05) is 56.1 Å². The molecule has 29 heavy (non-hydrogen) atoms. The third-order valence-electron chi connectivity index (χ3n) is 5.67. The highest BCUT2D eigenvalue weighted by molar-refractivity contribution is 9.12. The molecule has 0 unspecified atom stereocenters. The van der Waals surface area contributed by atoms with Crippen molar-refractivity contribution in [3.05, 3.63) is 59.7 Å². The van der Waals surface area contributed by atoms with Gasteiger partial charge in [-0.15, -0.1) is 0 Å². The molecule has 1 saturated heterocycles. The highest BCUT2D eigenvalue weighted by atomic mass is 79.9. The molecule has 5 nitrogen and oxygen atoms in total. The zero-order valence-corrected chi connectivity index (χ0v) is 18.9. The molecule has 1 heterocycles. The molecule has 1 saturated carbocycles. The Morgan fingerprint density at radius 3 is 2.21 bits per heavy atom. The molecule has 4 rings (SSSR count). The molecular formula is C22H20Br2N2O3. The summed E-state index contributed by atoms with van der Waals surface area (Å²) in [5.41, 5.74) is 2.54. The van der Waals surface area contributed by atoms with Crippen LogP contribution in [0.2, 0.25) is 0 Å². The Bertz CT molecular complexity index is 966. The van der Waals surface area contributed by atoms with Crippen molar-refractivity contribution in [3.8, 4) is 0 Å². The quantitative estimate of drug-likeness (QED) is 0.473. The molecule has 3 amide bonds. The van der Waals surface area contributed by atoms with Gasteiger partial charge in [-0.25, -0.2) is 0 Å². The number of amides is 3. The lowest BCUT2D eigenvalue weighted by molar-refractivity contribution is -0.122. The van der Waals surface area contributed by atoms with Crippen LogP contribution in [0.1, 0.15) is 28.8 Å². The lowest BCUT2D eigenvalue weighted by Crippen LogP contribution is -2.34. The summed E-state index contributed by atoms with van der Waals surface area (Å²) in [6.07, 6.45) is 1.24. The number of nitrogens with zero attached hydrogens (tertiary/aromatic N) is 1. The summed E-state index contributed by atoms with van der Waals surface area (Å²) in [5.74, 6) is -1.27. The molecule has 2 aliphatic rings. The van der Waals surface area contributed by atoms with Gasteiger partial charge in [0.25, 0.3) is 5.91 Å². The van der Waals surface area contributed by atoms with Crippen LogP contribution < -0.4 is 10.2 Å². The second kappa shape index (κ2) is 8.03. The SMILES string of the molecule is Cc1ccccc1NC(=O)c1cccc(N2C(=O)[C@@H]3C[C@H](Br)[C@@H](Br)C[C@H]3C2=O)c1. The molecule has 1 N–H and O–H groups in total. The molecule has 0 spiro atoms. The fraction of sp³-hybridized carbons (Fsp3) is 0.318. The maximum absolute atomic E-state index is 13.0. The van der Waals surface area contributed by atoms with E-state index in [4.69, 9.17) is 0 Å². The zero-order valence-electron chi connectivity index (χ0n) is 15.8. The number of fused-ring (bicyclic) bond motifs is 1. The number of rotatable bonds is 3. The molecule has 2 aromatic rings. The number of alkyl halides is 2. The van der Waals surface area contributed by atoms with Gasteiger partial charge in [0.2, 0.25) is 11.8 Å². The summed E-state index contributed by atoms with van der Waals surface area (Å²) in [7, 11) is 0. The maximum Gasteiger partial charge on any atom is 0.255 e. The molecule has 0 bridgehead atoms. The number of anilines is 2. The van der Waals surface area contributed by atoms with E-state index in [2.05, 4.69) is 37.2 Å². The van der Waals surface area contributed by atoms with E-state index >= 15 is 0 Å². The number of carbonyl (C=O) groups is 3. The van der Waals surface area contributed by atoms with Crippen molar-refractivity contribution in [2.75, 3.05) is 10.2 Å². The number of hydrogen-bond donors (Lipinski definition) is 1. The summed E-state index contributed by atoms with van der Waals surface area (Å²) in [6.45, 7) is 1.92. The van der Waals surface area contributed by atoms with Crippen LogP contribution in [-0.2, 0) is 9.59 Å². The molecular weight excluding hydrogens is 500 g/mol. The lowest BCUT2D eigenvalue weighted by atomic mass is 9.81. The first kappa shape index (κ1) is 20.3. The van der Waals surface area contributed by atoms with Crippen molar-refractivity contribution in [3.63, 3.8) is 0 Å². The first-order valence-corrected chi connectivity index (χ1v) is 11.3. The Morgan fingerprint density at radius 1 is 0.966 bits per heavy atom. The largest absolute Gasteiger partial charge is 0.322 e. The third-order valence-corrected chi connectivity index (χ3v) is 8.40. The molecule has 1 aliphatic carbocycles. The topological polar surface area (TPSA) is 66.5 Å². The van der Waals surface area contributed by atoms with E-state index < -0.39 is 0 Å². The molecule has 0 aromatic heterocycles. The number of benzene rings is 2. The van der Waals surface area contributed by atoms with Crippen molar-refractivity contribution in [1.82, 2.24) is 0 Å². The monoisotopic (exact) mass is 518 g/mol. The van der Waals surface area contributed by atoms with Crippen LogP contribution in [-0.4, -0.2) is 27.4 Å². The van der Waals surface area contributed by atoms with Gasteiger partial charge in [0.05, 0.1) is 17.5 Å². The zero-order chi connectivity index (χ0) is 20.7. The Labute approximate surface area is 186 Å². The van der Waals surface area contributed by atoms with Crippen molar-refractivity contribution >= 4 is 61.0 Å². The smallest absolute Gasteiger partial charge is 0.255 e. The van der Waals surface area contributed by atoms with E-state index in [1.807, 2.05) is 31.2 Å². The molecule has 150 valence electrons. The van der Waals surface area contributed by atoms with Crippen LogP contribution in [0, 0.1) is 18.8 Å². The summed E-state index contributed by atoms with van der Waals surface area (Å²) in [5, 5.41) is 2.89. The second-order valence-corrected chi connectivity index (χ2v) is 9.90. The van der Waals surface area contributed by atoms with E-state index in [0.717, 1.165) is 11.3 Å². The Kier molecular flexibility index (Phi) is 5.62. The summed E-state index contributed by atoms with van der Waals surface area (Å²) in [6, 6.07) is 14.2. The van der Waals surface area contributed by atoms with Crippen molar-refractivity contribution < 1.29 is 14.4 Å². The molecule has 2 aromatic carbocycles. The van der Waals surface area contributed by atoms with Crippen molar-refractivity contribution in [2.24, 2.45) is 11.8 Å². The van der Waals surface area contributed by atoms with Gasteiger partial charge in [-0.05, 0) is 49.6 Å². The Balaban J connectivity index is 1.59. The second-order valence-electron chi connectivity index (χ2n) is 7.55. The van der Waals surface area contributed by atoms with Crippen molar-refractivity contribution in [1.29, 1.82) is 0 Å². The van der Waals surface area contributed by atoms with Gasteiger partial charge in [-0.2, -0.15) is 0 Å². The third kappa shape index (κ3) is 3.78. The van der Waals surface area contributed by atoms with Crippen LogP contribution in [0.4, 0.5) is 11.4 Å². The van der Waals surface area contributed by atoms with Crippen LogP contribution in [0.3, 0.4) is 0 Å². The van der Waals surface area contributed by atoms with E-state index in [1.54, 1.807) is 24.3 Å². The number of halogens is 2. The van der Waals surface area contributed by atoms with Gasteiger partial charge < -0.3 is 5.32 Å². The van der Waals surface area contributed by atoms with Crippen LogP contribution >= 0.6 is 31.9 Å². The Morgan fingerprint density at radius 2 is 1.59 bits per heavy atom. The molecule has 2 fully saturated rings. The fourth-order valence-electron chi connectivity index (χ4n) is 4.04. The molecule has 0 radical (unpaired) electrons. The van der Waals surface area contributed by atoms with Crippen LogP contribution in [0.5, 0.6) is 0 Å². The van der Waals surface area contributed by atoms with E-state index in [0.29, 0.717) is 24.1 Å². The number of aryl methyl sites for hydroxylation is 1. The lowest BCUT2D eigenvalue weighted by Gasteiger charge is -2.29. The maximum atomic E-state index is 13.0. The summed E-state index contributed by atoms with van der Waals surface area (Å²) >= 11 is 7.20. The fourth-order valence-corrected chi connectivity index (χ4v) is 5.28. The predicted molar refractivity (Wildman–Crippen MR) is 120 cm³/mol. The predicted octanol–water partition coefficient (Wildman–Crippen LogP) is 4.67.